The Morgan fingerprint density at radius 2 is 1.48 bits per heavy atom. The van der Waals surface area contributed by atoms with E-state index < -0.39 is 0 Å². The molecule has 0 saturated carbocycles. The van der Waals surface area contributed by atoms with Crippen LogP contribution in [-0.2, 0) is 13.2 Å². The van der Waals surface area contributed by atoms with E-state index in [4.69, 9.17) is 21.1 Å². The molecular formula is C22H17BrClN3O2S2. The molecule has 4 aromatic rings. The average molecular weight is 535 g/mol. The molecule has 0 bridgehead atoms. The molecule has 5 nitrogen and oxygen atoms in total. The monoisotopic (exact) mass is 533 g/mol. The van der Waals surface area contributed by atoms with Crippen LogP contribution in [0.1, 0.15) is 11.1 Å². The van der Waals surface area contributed by atoms with Gasteiger partial charge in [0.1, 0.15) is 22.8 Å². The predicted octanol–water partition coefficient (Wildman–Crippen LogP) is 6.90. The molecule has 0 N–H and O–H groups in total. The number of ether oxygens (including phenoxy) is 2. The van der Waals surface area contributed by atoms with Crippen LogP contribution < -0.4 is 9.47 Å². The summed E-state index contributed by atoms with van der Waals surface area (Å²) in [6, 6.07) is 19.8. The lowest BCUT2D eigenvalue weighted by atomic mass is 10.2. The maximum atomic E-state index is 6.56. The number of hydrogen-bond acceptors (Lipinski definition) is 7. The van der Waals surface area contributed by atoms with Gasteiger partial charge in [-0.3, -0.25) is 0 Å². The molecule has 0 amide bonds. The molecule has 9 heteroatoms. The quantitative estimate of drug-likeness (QED) is 0.139. The van der Waals surface area contributed by atoms with Gasteiger partial charge in [-0.1, -0.05) is 84.0 Å². The summed E-state index contributed by atoms with van der Waals surface area (Å²) in [5.74, 6) is 0.898. The minimum atomic E-state index is 0.307. The molecule has 0 atom stereocenters. The fraction of sp³-hybridized carbons (Fsp3) is 0.136. The minimum Gasteiger partial charge on any atom is -0.472 e. The molecule has 0 aliphatic carbocycles. The highest BCUT2D eigenvalue weighted by atomic mass is 79.9. The number of halogens is 2. The van der Waals surface area contributed by atoms with Crippen LogP contribution in [0.4, 0.5) is 0 Å². The lowest BCUT2D eigenvalue weighted by molar-refractivity contribution is 0.292. The zero-order chi connectivity index (χ0) is 21.6. The van der Waals surface area contributed by atoms with Crippen LogP contribution in [0.15, 0.2) is 70.3 Å². The number of nitrogens with zero attached hydrogens (tertiary/aromatic N) is 3. The molecule has 0 aliphatic rings. The first-order chi connectivity index (χ1) is 15.2. The number of rotatable bonds is 8. The van der Waals surface area contributed by atoms with Gasteiger partial charge in [0.05, 0.1) is 10.4 Å². The lowest BCUT2D eigenvalue weighted by Crippen LogP contribution is -2.02. The Balaban J connectivity index is 1.63. The molecule has 0 radical (unpaired) electrons. The van der Waals surface area contributed by atoms with Crippen LogP contribution in [0, 0.1) is 0 Å². The van der Waals surface area contributed by atoms with Gasteiger partial charge < -0.3 is 9.47 Å². The molecule has 2 heterocycles. The van der Waals surface area contributed by atoms with E-state index in [2.05, 4.69) is 30.3 Å². The highest BCUT2D eigenvalue weighted by molar-refractivity contribution is 9.10. The Labute approximate surface area is 202 Å². The van der Waals surface area contributed by atoms with Crippen molar-refractivity contribution in [3.8, 4) is 22.2 Å². The van der Waals surface area contributed by atoms with Gasteiger partial charge in [0, 0.05) is 0 Å². The summed E-state index contributed by atoms with van der Waals surface area (Å²) in [5, 5.41) is 0.847. The maximum absolute atomic E-state index is 6.56. The zero-order valence-corrected chi connectivity index (χ0v) is 20.4. The summed E-state index contributed by atoms with van der Waals surface area (Å²) >= 11 is 12.8. The SMILES string of the molecule is CSc1nc(Cl)c(-c2snc(OCc3ccccc3)c2Br)c(OCc2ccccc2)n1. The first-order valence-corrected chi connectivity index (χ1v) is 12.4. The summed E-state index contributed by atoms with van der Waals surface area (Å²) in [6.45, 7) is 0.776. The predicted molar refractivity (Wildman–Crippen MR) is 129 cm³/mol. The second kappa shape index (κ2) is 10.5. The van der Waals surface area contributed by atoms with Crippen LogP contribution in [0.3, 0.4) is 0 Å². The van der Waals surface area contributed by atoms with E-state index in [0.29, 0.717) is 45.3 Å². The highest BCUT2D eigenvalue weighted by Crippen LogP contribution is 2.45. The molecule has 0 fully saturated rings. The molecule has 0 unspecified atom stereocenters. The van der Waals surface area contributed by atoms with E-state index in [1.54, 1.807) is 0 Å². The third-order valence-corrected chi connectivity index (χ3v) is 6.93. The normalized spacial score (nSPS) is 10.8. The molecule has 4 rings (SSSR count). The van der Waals surface area contributed by atoms with Gasteiger partial charge in [-0.25, -0.2) is 4.98 Å². The summed E-state index contributed by atoms with van der Waals surface area (Å²) in [7, 11) is 0. The third-order valence-electron chi connectivity index (χ3n) is 4.26. The number of benzene rings is 2. The smallest absolute Gasteiger partial charge is 0.240 e. The fourth-order valence-electron chi connectivity index (χ4n) is 2.74. The Kier molecular flexibility index (Phi) is 7.45. The molecule has 158 valence electrons. The Bertz CT molecular complexity index is 1160. The van der Waals surface area contributed by atoms with Gasteiger partial charge in [0.25, 0.3) is 0 Å². The molecule has 0 spiro atoms. The molecular weight excluding hydrogens is 518 g/mol. The van der Waals surface area contributed by atoms with Crippen molar-refractivity contribution in [1.82, 2.24) is 14.3 Å². The van der Waals surface area contributed by atoms with Crippen molar-refractivity contribution in [3.05, 3.63) is 81.4 Å². The topological polar surface area (TPSA) is 57.1 Å². The van der Waals surface area contributed by atoms with E-state index in [9.17, 15) is 0 Å². The van der Waals surface area contributed by atoms with E-state index >= 15 is 0 Å². The Morgan fingerprint density at radius 1 is 0.903 bits per heavy atom. The van der Waals surface area contributed by atoms with Crippen molar-refractivity contribution in [2.75, 3.05) is 6.26 Å². The Hall–Kier alpha value is -2.13. The van der Waals surface area contributed by atoms with Gasteiger partial charge >= 0.3 is 0 Å². The van der Waals surface area contributed by atoms with Gasteiger partial charge in [-0.2, -0.15) is 9.36 Å². The van der Waals surface area contributed by atoms with Crippen LogP contribution >= 0.6 is 50.8 Å². The molecule has 2 aromatic carbocycles. The van der Waals surface area contributed by atoms with Crippen molar-refractivity contribution in [1.29, 1.82) is 0 Å². The second-order valence-electron chi connectivity index (χ2n) is 6.36. The third kappa shape index (κ3) is 5.38. The van der Waals surface area contributed by atoms with Crippen LogP contribution in [0.2, 0.25) is 5.15 Å². The second-order valence-corrected chi connectivity index (χ2v) is 9.06. The van der Waals surface area contributed by atoms with Crippen molar-refractivity contribution in [2.24, 2.45) is 0 Å². The van der Waals surface area contributed by atoms with Crippen LogP contribution in [0.25, 0.3) is 10.4 Å². The van der Waals surface area contributed by atoms with Gasteiger partial charge in [-0.15, -0.1) is 0 Å². The highest BCUT2D eigenvalue weighted by Gasteiger charge is 2.24. The van der Waals surface area contributed by atoms with Crippen molar-refractivity contribution in [3.63, 3.8) is 0 Å². The number of aromatic nitrogens is 3. The first-order valence-electron chi connectivity index (χ1n) is 9.26. The Morgan fingerprint density at radius 3 is 2.06 bits per heavy atom. The average Bonchev–Trinajstić information content (AvgIpc) is 3.17. The zero-order valence-electron chi connectivity index (χ0n) is 16.4. The van der Waals surface area contributed by atoms with E-state index in [1.807, 2.05) is 66.9 Å². The molecule has 0 saturated heterocycles. The van der Waals surface area contributed by atoms with E-state index in [-0.39, 0.29) is 0 Å². The minimum absolute atomic E-state index is 0.307. The molecule has 2 aromatic heterocycles. The summed E-state index contributed by atoms with van der Waals surface area (Å²) in [4.78, 5) is 9.69. The van der Waals surface area contributed by atoms with E-state index in [0.717, 1.165) is 16.0 Å². The van der Waals surface area contributed by atoms with Crippen molar-refractivity contribution >= 4 is 50.8 Å². The summed E-state index contributed by atoms with van der Waals surface area (Å²) in [6.07, 6.45) is 1.89. The largest absolute Gasteiger partial charge is 0.472 e. The summed E-state index contributed by atoms with van der Waals surface area (Å²) < 4.78 is 17.1. The fourth-order valence-corrected chi connectivity index (χ4v) is 4.96. The van der Waals surface area contributed by atoms with Gasteiger partial charge in [-0.05, 0) is 44.8 Å². The van der Waals surface area contributed by atoms with Crippen LogP contribution in [-0.4, -0.2) is 20.6 Å². The maximum Gasteiger partial charge on any atom is 0.240 e. The van der Waals surface area contributed by atoms with Gasteiger partial charge in [0.15, 0.2) is 5.16 Å². The van der Waals surface area contributed by atoms with Crippen molar-refractivity contribution in [2.45, 2.75) is 18.4 Å². The van der Waals surface area contributed by atoms with Crippen LogP contribution in [0.5, 0.6) is 11.8 Å². The lowest BCUT2D eigenvalue weighted by Gasteiger charge is -2.12. The molecule has 0 aliphatic heterocycles. The van der Waals surface area contributed by atoms with E-state index in [1.165, 1.54) is 23.3 Å². The molecule has 31 heavy (non-hydrogen) atoms. The number of thioether (sulfide) groups is 1. The number of hydrogen-bond donors (Lipinski definition) is 0. The standard InChI is InChI=1S/C22H17BrClN3O2S2/c1-30-22-25-19(24)16(20(26-22)28-12-14-8-4-2-5-9-14)18-17(23)21(27-31-18)29-13-15-10-6-3-7-11-15/h2-11H,12-13H2,1H3. The summed E-state index contributed by atoms with van der Waals surface area (Å²) in [5.41, 5.74) is 2.68. The van der Waals surface area contributed by atoms with Gasteiger partial charge in [0.2, 0.25) is 11.8 Å². The van der Waals surface area contributed by atoms with Crippen molar-refractivity contribution < 1.29 is 9.47 Å². The first kappa shape index (κ1) is 22.1.